The molecule has 0 spiro atoms. The third kappa shape index (κ3) is 3.99. The first-order chi connectivity index (χ1) is 15.5. The number of fused-ring (bicyclic) bond motifs is 1. The minimum atomic E-state index is -0.452. The van der Waals surface area contributed by atoms with Gasteiger partial charge in [-0.3, -0.25) is 4.79 Å². The molecular weight excluding hydrogens is 398 g/mol. The van der Waals surface area contributed by atoms with Crippen LogP contribution in [0.2, 0.25) is 0 Å². The molecule has 4 rings (SSSR count). The normalized spacial score (nSPS) is 11.2. The van der Waals surface area contributed by atoms with Crippen molar-refractivity contribution < 1.29 is 9.53 Å². The summed E-state index contributed by atoms with van der Waals surface area (Å²) >= 11 is 0. The van der Waals surface area contributed by atoms with Crippen molar-refractivity contribution in [3.8, 4) is 23.1 Å². The van der Waals surface area contributed by atoms with Gasteiger partial charge in [0.25, 0.3) is 5.91 Å². The van der Waals surface area contributed by atoms with Gasteiger partial charge in [0, 0.05) is 16.6 Å². The number of hydrogen-bond donors (Lipinski definition) is 2. The summed E-state index contributed by atoms with van der Waals surface area (Å²) < 4.78 is 5.51. The zero-order valence-corrected chi connectivity index (χ0v) is 18.2. The van der Waals surface area contributed by atoms with Gasteiger partial charge in [-0.15, -0.1) is 0 Å². The lowest BCUT2D eigenvalue weighted by Crippen LogP contribution is -2.13. The van der Waals surface area contributed by atoms with Crippen molar-refractivity contribution in [3.63, 3.8) is 0 Å². The lowest BCUT2D eigenvalue weighted by atomic mass is 10.0. The Morgan fingerprint density at radius 1 is 1.03 bits per heavy atom. The summed E-state index contributed by atoms with van der Waals surface area (Å²) in [5.74, 6) is 0.240. The van der Waals surface area contributed by atoms with Crippen LogP contribution in [0.5, 0.6) is 5.75 Å². The fourth-order valence-corrected chi connectivity index (χ4v) is 3.67. The van der Waals surface area contributed by atoms with E-state index < -0.39 is 5.91 Å². The summed E-state index contributed by atoms with van der Waals surface area (Å²) in [4.78, 5) is 16.4. The summed E-state index contributed by atoms with van der Waals surface area (Å²) in [5, 5.41) is 13.5. The minimum Gasteiger partial charge on any atom is -0.495 e. The van der Waals surface area contributed by atoms with Gasteiger partial charge in [-0.25, -0.2) is 0 Å². The number of anilines is 1. The van der Waals surface area contributed by atoms with Crippen molar-refractivity contribution in [3.05, 3.63) is 89.0 Å². The summed E-state index contributed by atoms with van der Waals surface area (Å²) in [6.07, 6.45) is 1.64. The van der Waals surface area contributed by atoms with Gasteiger partial charge in [0.05, 0.1) is 18.3 Å². The number of aromatic amines is 1. The van der Waals surface area contributed by atoms with Gasteiger partial charge in [-0.2, -0.15) is 5.26 Å². The lowest BCUT2D eigenvalue weighted by Gasteiger charge is -2.07. The van der Waals surface area contributed by atoms with E-state index in [-0.39, 0.29) is 5.57 Å². The topological polar surface area (TPSA) is 77.9 Å². The highest BCUT2D eigenvalue weighted by Crippen LogP contribution is 2.36. The molecule has 0 bridgehead atoms. The maximum absolute atomic E-state index is 12.9. The Morgan fingerprint density at radius 3 is 2.50 bits per heavy atom. The number of nitrogens with one attached hydrogen (secondary N) is 2. The number of methoxy groups -OCH3 is 1. The van der Waals surface area contributed by atoms with Gasteiger partial charge in [-0.05, 0) is 54.8 Å². The molecule has 0 saturated carbocycles. The van der Waals surface area contributed by atoms with Gasteiger partial charge < -0.3 is 15.0 Å². The van der Waals surface area contributed by atoms with E-state index in [0.29, 0.717) is 11.4 Å². The van der Waals surface area contributed by atoms with Crippen molar-refractivity contribution in [2.24, 2.45) is 0 Å². The van der Waals surface area contributed by atoms with Crippen LogP contribution in [0, 0.1) is 25.2 Å². The van der Waals surface area contributed by atoms with Gasteiger partial charge in [0.2, 0.25) is 0 Å². The van der Waals surface area contributed by atoms with E-state index in [2.05, 4.69) is 16.4 Å². The van der Waals surface area contributed by atoms with Crippen LogP contribution in [0.1, 0.15) is 16.7 Å². The minimum absolute atomic E-state index is 0.0177. The van der Waals surface area contributed by atoms with Crippen LogP contribution in [0.25, 0.3) is 28.2 Å². The molecule has 32 heavy (non-hydrogen) atoms. The zero-order chi connectivity index (χ0) is 22.7. The van der Waals surface area contributed by atoms with Gasteiger partial charge >= 0.3 is 0 Å². The molecule has 1 heterocycles. The largest absolute Gasteiger partial charge is 0.495 e. The smallest absolute Gasteiger partial charge is 0.266 e. The fourth-order valence-electron chi connectivity index (χ4n) is 3.67. The lowest BCUT2D eigenvalue weighted by molar-refractivity contribution is -0.112. The van der Waals surface area contributed by atoms with E-state index in [4.69, 9.17) is 4.74 Å². The van der Waals surface area contributed by atoms with Gasteiger partial charge in [0.1, 0.15) is 17.4 Å². The molecule has 0 saturated heterocycles. The molecule has 0 unspecified atom stereocenters. The highest BCUT2D eigenvalue weighted by Gasteiger charge is 2.17. The highest BCUT2D eigenvalue weighted by atomic mass is 16.5. The Morgan fingerprint density at radius 2 is 1.81 bits per heavy atom. The van der Waals surface area contributed by atoms with E-state index in [9.17, 15) is 10.1 Å². The maximum Gasteiger partial charge on any atom is 0.266 e. The first-order valence-corrected chi connectivity index (χ1v) is 10.3. The zero-order valence-electron chi connectivity index (χ0n) is 18.2. The number of ether oxygens (including phenoxy) is 1. The number of aromatic nitrogens is 1. The summed E-state index contributed by atoms with van der Waals surface area (Å²) in [5.41, 5.74) is 6.22. The van der Waals surface area contributed by atoms with E-state index in [1.165, 1.54) is 0 Å². The molecular formula is C27H23N3O2. The average molecular weight is 422 g/mol. The molecule has 0 aliphatic carbocycles. The van der Waals surface area contributed by atoms with Crippen LogP contribution in [-0.4, -0.2) is 18.0 Å². The summed E-state index contributed by atoms with van der Waals surface area (Å²) in [7, 11) is 1.62. The molecule has 5 nitrogen and oxygen atoms in total. The molecule has 5 heteroatoms. The second kappa shape index (κ2) is 8.83. The molecule has 1 aromatic heterocycles. The van der Waals surface area contributed by atoms with E-state index in [1.807, 2.05) is 80.6 Å². The number of nitriles is 1. The molecule has 0 aliphatic heterocycles. The van der Waals surface area contributed by atoms with E-state index in [0.717, 1.165) is 38.9 Å². The molecule has 0 atom stereocenters. The third-order valence-corrected chi connectivity index (χ3v) is 5.54. The highest BCUT2D eigenvalue weighted by molar-refractivity contribution is 6.12. The number of aryl methyl sites for hydroxylation is 2. The van der Waals surface area contributed by atoms with Crippen LogP contribution in [0.4, 0.5) is 5.69 Å². The van der Waals surface area contributed by atoms with Crippen LogP contribution in [-0.2, 0) is 4.79 Å². The van der Waals surface area contributed by atoms with E-state index in [1.54, 1.807) is 13.2 Å². The number of amides is 1. The Kier molecular flexibility index (Phi) is 5.78. The molecule has 1 amide bonds. The SMILES string of the molecule is COc1cccc2c(/C=C(\C#N)C(=O)Nc3ccc(C)c(C)c3)c(-c3ccccc3)[nH]c12. The van der Waals surface area contributed by atoms with Gasteiger partial charge in [0.15, 0.2) is 0 Å². The van der Waals surface area contributed by atoms with Crippen LogP contribution < -0.4 is 10.1 Å². The Hall–Kier alpha value is -4.30. The number of H-pyrrole nitrogens is 1. The Labute approximate surface area is 187 Å². The molecule has 0 aliphatic rings. The molecule has 3 aromatic carbocycles. The average Bonchev–Trinajstić information content (AvgIpc) is 3.18. The monoisotopic (exact) mass is 421 g/mol. The van der Waals surface area contributed by atoms with Crippen molar-refractivity contribution in [1.29, 1.82) is 5.26 Å². The number of benzene rings is 3. The molecule has 0 fully saturated rings. The van der Waals surface area contributed by atoms with Crippen molar-refractivity contribution in [1.82, 2.24) is 4.98 Å². The molecule has 2 N–H and O–H groups in total. The number of nitrogens with zero attached hydrogens (tertiary/aromatic N) is 1. The van der Waals surface area contributed by atoms with E-state index >= 15 is 0 Å². The molecule has 4 aromatic rings. The van der Waals surface area contributed by atoms with Crippen LogP contribution >= 0.6 is 0 Å². The van der Waals surface area contributed by atoms with Crippen LogP contribution in [0.3, 0.4) is 0 Å². The Bertz CT molecular complexity index is 1380. The maximum atomic E-state index is 12.9. The quantitative estimate of drug-likeness (QED) is 0.306. The fraction of sp³-hybridized carbons (Fsp3) is 0.111. The van der Waals surface area contributed by atoms with Gasteiger partial charge in [-0.1, -0.05) is 48.5 Å². The molecule has 0 radical (unpaired) electrons. The number of carbonyl (C=O) groups excluding carboxylic acids is 1. The second-order valence-electron chi connectivity index (χ2n) is 7.59. The first kappa shape index (κ1) is 21.0. The summed E-state index contributed by atoms with van der Waals surface area (Å²) in [6.45, 7) is 4.00. The second-order valence-corrected chi connectivity index (χ2v) is 7.59. The van der Waals surface area contributed by atoms with Crippen molar-refractivity contribution >= 4 is 28.6 Å². The number of para-hydroxylation sites is 1. The predicted molar refractivity (Wildman–Crippen MR) is 128 cm³/mol. The number of carbonyl (C=O) groups is 1. The number of hydrogen-bond acceptors (Lipinski definition) is 3. The predicted octanol–water partition coefficient (Wildman–Crippen LogP) is 6.01. The molecule has 158 valence electrons. The Balaban J connectivity index is 1.82. The number of rotatable bonds is 5. The van der Waals surface area contributed by atoms with Crippen molar-refractivity contribution in [2.75, 3.05) is 12.4 Å². The van der Waals surface area contributed by atoms with Crippen LogP contribution in [0.15, 0.2) is 72.3 Å². The van der Waals surface area contributed by atoms with Crippen molar-refractivity contribution in [2.45, 2.75) is 13.8 Å². The third-order valence-electron chi connectivity index (χ3n) is 5.54. The standard InChI is InChI=1S/C27H23N3O2/c1-17-12-13-21(14-18(17)2)29-27(31)20(16-28)15-23-22-10-7-11-24(32-3)26(22)30-25(23)19-8-5-4-6-9-19/h4-15,30H,1-3H3,(H,29,31)/b20-15+. The first-order valence-electron chi connectivity index (χ1n) is 10.3. The summed E-state index contributed by atoms with van der Waals surface area (Å²) in [6, 6.07) is 23.3.